The number of amides is 4. The van der Waals surface area contributed by atoms with Crippen LogP contribution in [0.25, 0.3) is 0 Å². The van der Waals surface area contributed by atoms with E-state index in [4.69, 9.17) is 11.5 Å². The molecule has 8 N–H and O–H groups in total. The van der Waals surface area contributed by atoms with Crippen LogP contribution in [-0.4, -0.2) is 71.4 Å². The van der Waals surface area contributed by atoms with Crippen molar-refractivity contribution in [3.63, 3.8) is 0 Å². The molecule has 0 aliphatic rings. The molecule has 0 bridgehead atoms. The van der Waals surface area contributed by atoms with Gasteiger partial charge in [-0.1, -0.05) is 20.3 Å². The van der Waals surface area contributed by atoms with Crippen molar-refractivity contribution in [2.75, 3.05) is 18.6 Å². The lowest BCUT2D eigenvalue weighted by atomic mass is 9.97. The molecular formula is C18H33N5O6S. The molecule has 4 unspecified atom stereocenters. The molecule has 4 atom stereocenters. The highest BCUT2D eigenvalue weighted by molar-refractivity contribution is 7.98. The molecule has 0 radical (unpaired) electrons. The molecule has 12 heteroatoms. The lowest BCUT2D eigenvalue weighted by Gasteiger charge is -2.25. The smallest absolute Gasteiger partial charge is 0.326 e. The van der Waals surface area contributed by atoms with Crippen LogP contribution in [-0.2, 0) is 24.0 Å². The molecule has 0 aromatic rings. The Labute approximate surface area is 180 Å². The molecule has 4 amide bonds. The van der Waals surface area contributed by atoms with Crippen LogP contribution in [0.15, 0.2) is 0 Å². The predicted octanol–water partition coefficient (Wildman–Crippen LogP) is -1.45. The zero-order valence-electron chi connectivity index (χ0n) is 17.6. The van der Waals surface area contributed by atoms with E-state index in [1.165, 1.54) is 0 Å². The van der Waals surface area contributed by atoms with Gasteiger partial charge in [0.05, 0.1) is 12.6 Å². The van der Waals surface area contributed by atoms with Gasteiger partial charge >= 0.3 is 5.97 Å². The number of carbonyl (C=O) groups excluding carboxylic acids is 4. The summed E-state index contributed by atoms with van der Waals surface area (Å²) in [4.78, 5) is 58.9. The Hall–Kier alpha value is -2.34. The standard InChI is InChI=1S/C18H33N5O6S/c1-4-10(2)15(17(27)22-12(18(28)29)5-6-13(20)24)23-14(25)9-21-16(26)11(19)7-8-30-3/h10-12,15H,4-9,19H2,1-3H3,(H2,20,24)(H,21,26)(H,22,27)(H,23,25)(H,28,29). The molecule has 30 heavy (non-hydrogen) atoms. The molecule has 0 saturated carbocycles. The van der Waals surface area contributed by atoms with E-state index in [0.717, 1.165) is 0 Å². The van der Waals surface area contributed by atoms with E-state index < -0.39 is 47.7 Å². The van der Waals surface area contributed by atoms with Crippen LogP contribution in [0.1, 0.15) is 39.5 Å². The summed E-state index contributed by atoms with van der Waals surface area (Å²) in [7, 11) is 0. The number of aliphatic carboxylic acids is 1. The van der Waals surface area contributed by atoms with E-state index in [9.17, 15) is 29.1 Å². The zero-order chi connectivity index (χ0) is 23.3. The highest BCUT2D eigenvalue weighted by Gasteiger charge is 2.30. The number of carboxylic acid groups (broad SMARTS) is 1. The third-order valence-corrected chi connectivity index (χ3v) is 5.14. The second-order valence-electron chi connectivity index (χ2n) is 6.94. The first-order valence-corrected chi connectivity index (χ1v) is 11.1. The first-order valence-electron chi connectivity index (χ1n) is 9.66. The maximum absolute atomic E-state index is 12.6. The minimum atomic E-state index is -1.32. The molecule has 0 aliphatic carbocycles. The van der Waals surface area contributed by atoms with Gasteiger partial charge in [0.2, 0.25) is 23.6 Å². The van der Waals surface area contributed by atoms with Gasteiger partial charge in [-0.25, -0.2) is 4.79 Å². The van der Waals surface area contributed by atoms with Crippen molar-refractivity contribution in [3.05, 3.63) is 0 Å². The first kappa shape index (κ1) is 27.7. The van der Waals surface area contributed by atoms with E-state index in [1.807, 2.05) is 13.2 Å². The van der Waals surface area contributed by atoms with Crippen LogP contribution >= 0.6 is 11.8 Å². The zero-order valence-corrected chi connectivity index (χ0v) is 18.4. The van der Waals surface area contributed by atoms with Gasteiger partial charge in [-0.3, -0.25) is 19.2 Å². The highest BCUT2D eigenvalue weighted by Crippen LogP contribution is 2.09. The normalized spacial score (nSPS) is 14.7. The lowest BCUT2D eigenvalue weighted by molar-refractivity contribution is -0.143. The molecule has 0 fully saturated rings. The number of thioether (sulfide) groups is 1. The predicted molar refractivity (Wildman–Crippen MR) is 113 cm³/mol. The van der Waals surface area contributed by atoms with E-state index in [-0.39, 0.29) is 25.3 Å². The average molecular weight is 448 g/mol. The summed E-state index contributed by atoms with van der Waals surface area (Å²) in [5, 5.41) is 16.5. The van der Waals surface area contributed by atoms with E-state index in [1.54, 1.807) is 18.7 Å². The fourth-order valence-electron chi connectivity index (χ4n) is 2.41. The molecule has 0 aliphatic heterocycles. The lowest BCUT2D eigenvalue weighted by Crippen LogP contribution is -2.56. The van der Waals surface area contributed by atoms with Crippen LogP contribution in [0.5, 0.6) is 0 Å². The molecule has 0 aromatic heterocycles. The van der Waals surface area contributed by atoms with Gasteiger partial charge in [-0.15, -0.1) is 0 Å². The Morgan fingerprint density at radius 1 is 1.07 bits per heavy atom. The largest absolute Gasteiger partial charge is 0.480 e. The van der Waals surface area contributed by atoms with Crippen molar-refractivity contribution in [2.24, 2.45) is 17.4 Å². The van der Waals surface area contributed by atoms with Gasteiger partial charge in [0.1, 0.15) is 12.1 Å². The summed E-state index contributed by atoms with van der Waals surface area (Å²) in [6.07, 6.45) is 2.51. The number of rotatable bonds is 15. The molecule has 0 heterocycles. The second-order valence-corrected chi connectivity index (χ2v) is 7.93. The summed E-state index contributed by atoms with van der Waals surface area (Å²) in [5.74, 6) is -3.38. The van der Waals surface area contributed by atoms with Crippen LogP contribution in [0.3, 0.4) is 0 Å². The number of primary amides is 1. The quantitative estimate of drug-likeness (QED) is 0.175. The van der Waals surface area contributed by atoms with Gasteiger partial charge in [0, 0.05) is 6.42 Å². The molecule has 11 nitrogen and oxygen atoms in total. The van der Waals surface area contributed by atoms with E-state index >= 15 is 0 Å². The van der Waals surface area contributed by atoms with Crippen molar-refractivity contribution in [1.29, 1.82) is 0 Å². The average Bonchev–Trinajstić information content (AvgIpc) is 2.69. The molecule has 0 saturated heterocycles. The summed E-state index contributed by atoms with van der Waals surface area (Å²) >= 11 is 1.55. The Morgan fingerprint density at radius 3 is 2.20 bits per heavy atom. The second kappa shape index (κ2) is 14.6. The molecule has 0 aromatic carbocycles. The molecule has 0 rings (SSSR count). The van der Waals surface area contributed by atoms with Crippen LogP contribution in [0.2, 0.25) is 0 Å². The Morgan fingerprint density at radius 2 is 1.70 bits per heavy atom. The Kier molecular flexibility index (Phi) is 13.5. The fraction of sp³-hybridized carbons (Fsp3) is 0.722. The van der Waals surface area contributed by atoms with Crippen molar-refractivity contribution >= 4 is 41.4 Å². The van der Waals surface area contributed by atoms with Crippen molar-refractivity contribution in [3.8, 4) is 0 Å². The fourth-order valence-corrected chi connectivity index (χ4v) is 2.90. The summed E-state index contributed by atoms with van der Waals surface area (Å²) in [5.41, 5.74) is 10.8. The van der Waals surface area contributed by atoms with Gasteiger partial charge in [-0.05, 0) is 30.8 Å². The van der Waals surface area contributed by atoms with Crippen LogP contribution < -0.4 is 27.4 Å². The number of carbonyl (C=O) groups is 5. The van der Waals surface area contributed by atoms with Gasteiger partial charge < -0.3 is 32.5 Å². The number of nitrogens with two attached hydrogens (primary N) is 2. The summed E-state index contributed by atoms with van der Waals surface area (Å²) in [6.45, 7) is 3.17. The van der Waals surface area contributed by atoms with Crippen molar-refractivity contribution < 1.29 is 29.1 Å². The number of hydrogen-bond donors (Lipinski definition) is 6. The minimum absolute atomic E-state index is 0.165. The molecule has 0 spiro atoms. The topological polar surface area (TPSA) is 194 Å². The summed E-state index contributed by atoms with van der Waals surface area (Å²) in [6, 6.07) is -3.07. The number of carboxylic acids is 1. The minimum Gasteiger partial charge on any atom is -0.480 e. The maximum atomic E-state index is 12.6. The SMILES string of the molecule is CCC(C)C(NC(=O)CNC(=O)C(N)CCSC)C(=O)NC(CCC(N)=O)C(=O)O. The van der Waals surface area contributed by atoms with Gasteiger partial charge in [0.15, 0.2) is 0 Å². The third-order valence-electron chi connectivity index (χ3n) is 4.50. The van der Waals surface area contributed by atoms with Crippen molar-refractivity contribution in [2.45, 2.75) is 57.7 Å². The monoisotopic (exact) mass is 447 g/mol. The van der Waals surface area contributed by atoms with E-state index in [0.29, 0.717) is 18.6 Å². The number of hydrogen-bond acceptors (Lipinski definition) is 7. The highest BCUT2D eigenvalue weighted by atomic mass is 32.2. The number of nitrogens with one attached hydrogen (secondary N) is 3. The maximum Gasteiger partial charge on any atom is 0.326 e. The third kappa shape index (κ3) is 11.0. The first-order chi connectivity index (χ1) is 14.0. The van der Waals surface area contributed by atoms with Crippen molar-refractivity contribution in [1.82, 2.24) is 16.0 Å². The van der Waals surface area contributed by atoms with Crippen LogP contribution in [0.4, 0.5) is 0 Å². The van der Waals surface area contributed by atoms with Crippen LogP contribution in [0, 0.1) is 5.92 Å². The van der Waals surface area contributed by atoms with Gasteiger partial charge in [0.25, 0.3) is 0 Å². The Balaban J connectivity index is 4.91. The Bertz CT molecular complexity index is 618. The molecular weight excluding hydrogens is 414 g/mol. The van der Waals surface area contributed by atoms with E-state index in [2.05, 4.69) is 16.0 Å². The summed E-state index contributed by atoms with van der Waals surface area (Å²) < 4.78 is 0. The molecule has 172 valence electrons. The van der Waals surface area contributed by atoms with Gasteiger partial charge in [-0.2, -0.15) is 11.8 Å².